The average molecular weight is 359 g/mol. The molecule has 140 valence electrons. The van der Waals surface area contributed by atoms with Gasteiger partial charge in [0.1, 0.15) is 6.10 Å². The van der Waals surface area contributed by atoms with Gasteiger partial charge >= 0.3 is 0 Å². The standard InChI is InChI=1S/C18H25N5O3/c1-11(2)18-22-21-16(26-18)4-5-17(24)23-6-7-25-15(10-23)14-9-13(19)8-12(3)20-14/h8-9,11,15H,4-7,10H2,1-3H3,(H2,19,20)/t15-/m0/s1. The highest BCUT2D eigenvalue weighted by Crippen LogP contribution is 2.23. The summed E-state index contributed by atoms with van der Waals surface area (Å²) < 4.78 is 11.4. The Bertz CT molecular complexity index is 754. The van der Waals surface area contributed by atoms with E-state index < -0.39 is 0 Å². The second-order valence-corrected chi connectivity index (χ2v) is 6.85. The Morgan fingerprint density at radius 3 is 2.88 bits per heavy atom. The quantitative estimate of drug-likeness (QED) is 0.870. The lowest BCUT2D eigenvalue weighted by atomic mass is 10.1. The Hall–Kier alpha value is -2.48. The minimum atomic E-state index is -0.258. The highest BCUT2D eigenvalue weighted by molar-refractivity contribution is 5.76. The molecular weight excluding hydrogens is 334 g/mol. The van der Waals surface area contributed by atoms with Crippen LogP contribution in [0.3, 0.4) is 0 Å². The summed E-state index contributed by atoms with van der Waals surface area (Å²) in [7, 11) is 0. The maximum absolute atomic E-state index is 12.6. The summed E-state index contributed by atoms with van der Waals surface area (Å²) in [6.07, 6.45) is 0.511. The molecule has 1 aliphatic rings. The molecule has 2 N–H and O–H groups in total. The summed E-state index contributed by atoms with van der Waals surface area (Å²) in [5.74, 6) is 1.33. The van der Waals surface area contributed by atoms with Crippen LogP contribution < -0.4 is 5.73 Å². The highest BCUT2D eigenvalue weighted by Gasteiger charge is 2.26. The Labute approximate surface area is 152 Å². The van der Waals surface area contributed by atoms with E-state index in [1.54, 1.807) is 11.0 Å². The van der Waals surface area contributed by atoms with Crippen LogP contribution in [-0.2, 0) is 16.0 Å². The number of hydrogen-bond acceptors (Lipinski definition) is 7. The van der Waals surface area contributed by atoms with E-state index in [2.05, 4.69) is 15.2 Å². The number of anilines is 1. The Kier molecular flexibility index (Phi) is 5.51. The van der Waals surface area contributed by atoms with E-state index in [9.17, 15) is 4.79 Å². The molecule has 1 saturated heterocycles. The van der Waals surface area contributed by atoms with Crippen LogP contribution >= 0.6 is 0 Å². The predicted molar refractivity (Wildman–Crippen MR) is 95.4 cm³/mol. The molecule has 1 aliphatic heterocycles. The number of nitrogen functional groups attached to an aromatic ring is 1. The van der Waals surface area contributed by atoms with Gasteiger partial charge in [-0.3, -0.25) is 9.78 Å². The lowest BCUT2D eigenvalue weighted by molar-refractivity contribution is -0.139. The number of morpholine rings is 1. The van der Waals surface area contributed by atoms with Crippen molar-refractivity contribution in [1.29, 1.82) is 0 Å². The first kappa shape index (κ1) is 18.3. The minimum absolute atomic E-state index is 0.0446. The molecule has 0 unspecified atom stereocenters. The zero-order valence-corrected chi connectivity index (χ0v) is 15.4. The number of rotatable bonds is 5. The van der Waals surface area contributed by atoms with E-state index in [1.807, 2.05) is 26.8 Å². The van der Waals surface area contributed by atoms with Gasteiger partial charge in [0.15, 0.2) is 0 Å². The third kappa shape index (κ3) is 4.37. The fourth-order valence-electron chi connectivity index (χ4n) is 2.91. The van der Waals surface area contributed by atoms with Crippen LogP contribution in [-0.4, -0.2) is 45.7 Å². The van der Waals surface area contributed by atoms with Crippen molar-refractivity contribution in [1.82, 2.24) is 20.1 Å². The van der Waals surface area contributed by atoms with Gasteiger partial charge in [0.25, 0.3) is 0 Å². The first-order valence-corrected chi connectivity index (χ1v) is 8.88. The number of nitrogens with zero attached hydrogens (tertiary/aromatic N) is 4. The summed E-state index contributed by atoms with van der Waals surface area (Å²) in [5.41, 5.74) is 8.15. The van der Waals surface area contributed by atoms with Gasteiger partial charge in [0, 0.05) is 36.7 Å². The summed E-state index contributed by atoms with van der Waals surface area (Å²) >= 11 is 0. The molecule has 0 aromatic carbocycles. The number of nitrogens with two attached hydrogens (primary N) is 1. The zero-order valence-electron chi connectivity index (χ0n) is 15.4. The number of hydrogen-bond donors (Lipinski definition) is 1. The van der Waals surface area contributed by atoms with Crippen molar-refractivity contribution in [2.24, 2.45) is 0 Å². The molecule has 26 heavy (non-hydrogen) atoms. The normalized spacial score (nSPS) is 17.7. The maximum Gasteiger partial charge on any atom is 0.223 e. The van der Waals surface area contributed by atoms with Gasteiger partial charge in [-0.15, -0.1) is 10.2 Å². The van der Waals surface area contributed by atoms with E-state index in [-0.39, 0.29) is 17.9 Å². The average Bonchev–Trinajstić information content (AvgIpc) is 3.08. The third-order valence-electron chi connectivity index (χ3n) is 4.27. The second-order valence-electron chi connectivity index (χ2n) is 6.85. The lowest BCUT2D eigenvalue weighted by Gasteiger charge is -2.33. The van der Waals surface area contributed by atoms with Crippen molar-refractivity contribution in [3.8, 4) is 0 Å². The largest absolute Gasteiger partial charge is 0.425 e. The molecule has 0 radical (unpaired) electrons. The number of ether oxygens (including phenoxy) is 1. The van der Waals surface area contributed by atoms with Gasteiger partial charge < -0.3 is 19.8 Å². The maximum atomic E-state index is 12.6. The number of aryl methyl sites for hydroxylation is 2. The van der Waals surface area contributed by atoms with Crippen LogP contribution in [0.15, 0.2) is 16.5 Å². The number of carbonyl (C=O) groups is 1. The number of pyridine rings is 1. The first-order chi connectivity index (χ1) is 12.4. The lowest BCUT2D eigenvalue weighted by Crippen LogP contribution is -2.42. The minimum Gasteiger partial charge on any atom is -0.425 e. The first-order valence-electron chi connectivity index (χ1n) is 8.88. The molecule has 3 heterocycles. The molecule has 1 amide bonds. The van der Waals surface area contributed by atoms with E-state index in [0.717, 1.165) is 11.4 Å². The molecule has 3 rings (SSSR count). The zero-order chi connectivity index (χ0) is 18.7. The Morgan fingerprint density at radius 2 is 2.19 bits per heavy atom. The van der Waals surface area contributed by atoms with E-state index in [0.29, 0.717) is 50.0 Å². The van der Waals surface area contributed by atoms with Gasteiger partial charge in [0.05, 0.1) is 18.8 Å². The number of carbonyl (C=O) groups excluding carboxylic acids is 1. The van der Waals surface area contributed by atoms with Crippen LogP contribution in [0, 0.1) is 6.92 Å². The molecule has 1 atom stereocenters. The molecular formula is C18H25N5O3. The predicted octanol–water partition coefficient (Wildman–Crippen LogP) is 2.01. The van der Waals surface area contributed by atoms with Crippen LogP contribution in [0.1, 0.15) is 55.5 Å². The van der Waals surface area contributed by atoms with Gasteiger partial charge in [-0.2, -0.15) is 0 Å². The van der Waals surface area contributed by atoms with Crippen molar-refractivity contribution in [3.63, 3.8) is 0 Å². The summed E-state index contributed by atoms with van der Waals surface area (Å²) in [6.45, 7) is 7.38. The smallest absolute Gasteiger partial charge is 0.223 e. The highest BCUT2D eigenvalue weighted by atomic mass is 16.5. The van der Waals surface area contributed by atoms with Crippen molar-refractivity contribution in [3.05, 3.63) is 35.3 Å². The molecule has 8 nitrogen and oxygen atoms in total. The Morgan fingerprint density at radius 1 is 1.38 bits per heavy atom. The van der Waals surface area contributed by atoms with Gasteiger partial charge in [0.2, 0.25) is 17.7 Å². The SMILES string of the molecule is Cc1cc(N)cc([C@@H]2CN(C(=O)CCc3nnc(C(C)C)o3)CCO2)n1. The molecule has 0 saturated carbocycles. The van der Waals surface area contributed by atoms with Crippen molar-refractivity contribution in [2.75, 3.05) is 25.4 Å². The van der Waals surface area contributed by atoms with Gasteiger partial charge in [-0.1, -0.05) is 13.8 Å². The van der Waals surface area contributed by atoms with Crippen molar-refractivity contribution < 1.29 is 13.9 Å². The van der Waals surface area contributed by atoms with Crippen LogP contribution in [0.25, 0.3) is 0 Å². The molecule has 2 aromatic heterocycles. The number of amides is 1. The molecule has 2 aromatic rings. The molecule has 8 heteroatoms. The monoisotopic (exact) mass is 359 g/mol. The van der Waals surface area contributed by atoms with Crippen molar-refractivity contribution >= 4 is 11.6 Å². The molecule has 0 spiro atoms. The van der Waals surface area contributed by atoms with E-state index >= 15 is 0 Å². The van der Waals surface area contributed by atoms with Gasteiger partial charge in [-0.05, 0) is 19.1 Å². The van der Waals surface area contributed by atoms with E-state index in [1.165, 1.54) is 0 Å². The summed E-state index contributed by atoms with van der Waals surface area (Å²) in [4.78, 5) is 18.8. The summed E-state index contributed by atoms with van der Waals surface area (Å²) in [5, 5.41) is 7.99. The molecule has 0 aliphatic carbocycles. The fourth-order valence-corrected chi connectivity index (χ4v) is 2.91. The second kappa shape index (κ2) is 7.82. The Balaban J connectivity index is 1.58. The van der Waals surface area contributed by atoms with Gasteiger partial charge in [-0.25, -0.2) is 0 Å². The molecule has 1 fully saturated rings. The van der Waals surface area contributed by atoms with Crippen LogP contribution in [0.5, 0.6) is 0 Å². The molecule has 0 bridgehead atoms. The number of aromatic nitrogens is 3. The fraction of sp³-hybridized carbons (Fsp3) is 0.556. The van der Waals surface area contributed by atoms with E-state index in [4.69, 9.17) is 14.9 Å². The summed E-state index contributed by atoms with van der Waals surface area (Å²) in [6, 6.07) is 3.61. The third-order valence-corrected chi connectivity index (χ3v) is 4.27. The van der Waals surface area contributed by atoms with Crippen LogP contribution in [0.4, 0.5) is 5.69 Å². The van der Waals surface area contributed by atoms with Crippen molar-refractivity contribution in [2.45, 2.75) is 45.6 Å². The van der Waals surface area contributed by atoms with Crippen LogP contribution in [0.2, 0.25) is 0 Å². The topological polar surface area (TPSA) is 107 Å².